The van der Waals surface area contributed by atoms with Crippen LogP contribution in [0.2, 0.25) is 0 Å². The number of anilines is 1. The lowest BCUT2D eigenvalue weighted by atomic mass is 9.94. The van der Waals surface area contributed by atoms with Gasteiger partial charge < -0.3 is 20.9 Å². The summed E-state index contributed by atoms with van der Waals surface area (Å²) < 4.78 is 1.42. The van der Waals surface area contributed by atoms with Crippen molar-refractivity contribution in [3.63, 3.8) is 0 Å². The predicted octanol–water partition coefficient (Wildman–Crippen LogP) is 1.21. The molecule has 4 N–H and O–H groups in total. The second-order valence-electron chi connectivity index (χ2n) is 8.88. The van der Waals surface area contributed by atoms with Gasteiger partial charge in [0.2, 0.25) is 11.8 Å². The number of carbonyl (C=O) groups is 2. The minimum absolute atomic E-state index is 0.00960. The van der Waals surface area contributed by atoms with E-state index in [0.717, 1.165) is 29.4 Å². The minimum atomic E-state index is -0.344. The summed E-state index contributed by atoms with van der Waals surface area (Å²) in [6.45, 7) is 1.91. The lowest BCUT2D eigenvalue weighted by Crippen LogP contribution is -2.53. The molecular weight excluding hydrogens is 422 g/mol. The van der Waals surface area contributed by atoms with Crippen molar-refractivity contribution in [2.45, 2.75) is 57.8 Å². The van der Waals surface area contributed by atoms with Crippen molar-refractivity contribution in [2.24, 2.45) is 5.92 Å². The Hall–Kier alpha value is -3.69. The number of nitrogens with zero attached hydrogens (tertiary/aromatic N) is 3. The molecule has 1 saturated carbocycles. The Kier molecular flexibility index (Phi) is 5.57. The van der Waals surface area contributed by atoms with Crippen LogP contribution in [0.3, 0.4) is 0 Å². The number of rotatable bonds is 7. The highest BCUT2D eigenvalue weighted by molar-refractivity contribution is 5.79. The molecule has 2 aliphatic rings. The van der Waals surface area contributed by atoms with Gasteiger partial charge in [-0.15, -0.1) is 0 Å². The molecule has 5 rings (SSSR count). The molecule has 3 aromatic heterocycles. The normalized spacial score (nSPS) is 20.5. The van der Waals surface area contributed by atoms with Crippen molar-refractivity contribution < 1.29 is 9.59 Å². The van der Waals surface area contributed by atoms with Gasteiger partial charge >= 0.3 is 0 Å². The lowest BCUT2D eigenvalue weighted by molar-refractivity contribution is -0.124. The number of hydrogen-bond donors (Lipinski definition) is 4. The number of nitrogens with one attached hydrogen (secondary N) is 4. The summed E-state index contributed by atoms with van der Waals surface area (Å²) in [5.41, 5.74) is 1.93. The van der Waals surface area contributed by atoms with E-state index < -0.39 is 0 Å². The molecule has 10 heteroatoms. The van der Waals surface area contributed by atoms with Crippen LogP contribution in [0.15, 0.2) is 35.5 Å². The fourth-order valence-electron chi connectivity index (χ4n) is 4.41. The highest BCUT2D eigenvalue weighted by atomic mass is 16.2. The summed E-state index contributed by atoms with van der Waals surface area (Å²) in [6.07, 6.45) is 8.40. The zero-order valence-corrected chi connectivity index (χ0v) is 18.4. The second kappa shape index (κ2) is 8.68. The van der Waals surface area contributed by atoms with Gasteiger partial charge in [0.25, 0.3) is 5.56 Å². The number of aromatic amines is 1. The zero-order chi connectivity index (χ0) is 22.9. The van der Waals surface area contributed by atoms with Crippen LogP contribution < -0.4 is 21.5 Å². The van der Waals surface area contributed by atoms with Crippen LogP contribution >= 0.6 is 0 Å². The van der Waals surface area contributed by atoms with Crippen LogP contribution in [0, 0.1) is 12.8 Å². The Morgan fingerprint density at radius 3 is 2.88 bits per heavy atom. The van der Waals surface area contributed by atoms with Gasteiger partial charge in [0.15, 0.2) is 5.82 Å². The molecule has 1 aliphatic carbocycles. The first-order valence-electron chi connectivity index (χ1n) is 11.3. The first-order chi connectivity index (χ1) is 16.0. The molecule has 2 amide bonds. The number of H-pyrrole nitrogens is 1. The number of aryl methyl sites for hydroxylation is 1. The van der Waals surface area contributed by atoms with Crippen LogP contribution in [-0.2, 0) is 22.7 Å². The summed E-state index contributed by atoms with van der Waals surface area (Å²) in [6, 6.07) is 3.82. The van der Waals surface area contributed by atoms with E-state index in [1.165, 1.54) is 4.57 Å². The Labute approximate surface area is 190 Å². The molecule has 0 radical (unpaired) electrons. The molecule has 1 saturated heterocycles. The topological polar surface area (TPSA) is 134 Å². The molecule has 1 unspecified atom stereocenters. The van der Waals surface area contributed by atoms with Crippen molar-refractivity contribution in [1.82, 2.24) is 30.2 Å². The molecule has 0 aromatic carbocycles. The van der Waals surface area contributed by atoms with E-state index in [2.05, 4.69) is 30.9 Å². The number of fused-ring (bicyclic) bond motifs is 1. The van der Waals surface area contributed by atoms with Gasteiger partial charge in [-0.2, -0.15) is 0 Å². The number of carbonyl (C=O) groups excluding carboxylic acids is 2. The molecule has 4 heterocycles. The molecule has 0 spiro atoms. The van der Waals surface area contributed by atoms with Gasteiger partial charge in [-0.05, 0) is 44.2 Å². The number of hydrogen-bond acceptors (Lipinski definition) is 6. The summed E-state index contributed by atoms with van der Waals surface area (Å²) in [4.78, 5) is 49.2. The SMILES string of the molecule is Cc1cnc(NC2CCC(=O)N[C@@H]2C2CC2)c(=O)n1CC(=O)NCc1cc2cc[nH]c2cn1. The van der Waals surface area contributed by atoms with E-state index in [4.69, 9.17) is 0 Å². The van der Waals surface area contributed by atoms with Crippen molar-refractivity contribution in [3.05, 3.63) is 52.5 Å². The van der Waals surface area contributed by atoms with Crippen molar-refractivity contribution in [3.8, 4) is 0 Å². The third-order valence-electron chi connectivity index (χ3n) is 6.41. The Balaban J connectivity index is 1.26. The van der Waals surface area contributed by atoms with Gasteiger partial charge in [0, 0.05) is 35.9 Å². The predicted molar refractivity (Wildman–Crippen MR) is 122 cm³/mol. The number of amides is 2. The largest absolute Gasteiger partial charge is 0.361 e. The van der Waals surface area contributed by atoms with Crippen molar-refractivity contribution >= 4 is 28.5 Å². The number of pyridine rings is 1. The van der Waals surface area contributed by atoms with E-state index in [0.29, 0.717) is 24.5 Å². The lowest BCUT2D eigenvalue weighted by Gasteiger charge is -2.33. The quantitative estimate of drug-likeness (QED) is 0.428. The maximum absolute atomic E-state index is 13.1. The van der Waals surface area contributed by atoms with E-state index >= 15 is 0 Å². The van der Waals surface area contributed by atoms with E-state index in [9.17, 15) is 14.4 Å². The number of aromatic nitrogens is 4. The molecule has 3 aromatic rings. The molecule has 2 fully saturated rings. The van der Waals surface area contributed by atoms with Gasteiger partial charge in [-0.3, -0.25) is 23.9 Å². The molecular formula is C23H27N7O3. The summed E-state index contributed by atoms with van der Waals surface area (Å²) in [5, 5.41) is 10.2. The van der Waals surface area contributed by atoms with Gasteiger partial charge in [0.1, 0.15) is 6.54 Å². The first kappa shape index (κ1) is 21.2. The minimum Gasteiger partial charge on any atom is -0.361 e. The van der Waals surface area contributed by atoms with E-state index in [1.807, 2.05) is 18.3 Å². The van der Waals surface area contributed by atoms with Gasteiger partial charge in [0.05, 0.1) is 30.0 Å². The number of piperidine rings is 1. The average molecular weight is 450 g/mol. The van der Waals surface area contributed by atoms with E-state index in [1.54, 1.807) is 19.3 Å². The Morgan fingerprint density at radius 1 is 1.21 bits per heavy atom. The molecule has 1 aliphatic heterocycles. The third-order valence-corrected chi connectivity index (χ3v) is 6.41. The fraction of sp³-hybridized carbons (Fsp3) is 0.435. The van der Waals surface area contributed by atoms with Crippen LogP contribution in [0.1, 0.15) is 37.1 Å². The van der Waals surface area contributed by atoms with Crippen molar-refractivity contribution in [1.29, 1.82) is 0 Å². The summed E-state index contributed by atoms with van der Waals surface area (Å²) >= 11 is 0. The first-order valence-corrected chi connectivity index (χ1v) is 11.3. The molecule has 2 atom stereocenters. The van der Waals surface area contributed by atoms with Crippen LogP contribution in [-0.4, -0.2) is 43.4 Å². The summed E-state index contributed by atoms with van der Waals surface area (Å²) in [5.74, 6) is 0.430. The highest BCUT2D eigenvalue weighted by Gasteiger charge is 2.40. The molecule has 0 bridgehead atoms. The maximum Gasteiger partial charge on any atom is 0.293 e. The van der Waals surface area contributed by atoms with Gasteiger partial charge in [-0.1, -0.05) is 0 Å². The molecule has 10 nitrogen and oxygen atoms in total. The smallest absolute Gasteiger partial charge is 0.293 e. The second-order valence-corrected chi connectivity index (χ2v) is 8.88. The monoisotopic (exact) mass is 449 g/mol. The maximum atomic E-state index is 13.1. The zero-order valence-electron chi connectivity index (χ0n) is 18.4. The van der Waals surface area contributed by atoms with E-state index in [-0.39, 0.29) is 48.4 Å². The Morgan fingerprint density at radius 2 is 2.06 bits per heavy atom. The van der Waals surface area contributed by atoms with Crippen LogP contribution in [0.25, 0.3) is 10.9 Å². The highest BCUT2D eigenvalue weighted by Crippen LogP contribution is 2.36. The molecule has 33 heavy (non-hydrogen) atoms. The summed E-state index contributed by atoms with van der Waals surface area (Å²) in [7, 11) is 0. The average Bonchev–Trinajstić information content (AvgIpc) is 3.55. The van der Waals surface area contributed by atoms with Crippen LogP contribution in [0.4, 0.5) is 5.82 Å². The van der Waals surface area contributed by atoms with Gasteiger partial charge in [-0.25, -0.2) is 4.98 Å². The third kappa shape index (κ3) is 4.59. The van der Waals surface area contributed by atoms with Crippen molar-refractivity contribution in [2.75, 3.05) is 5.32 Å². The fourth-order valence-corrected chi connectivity index (χ4v) is 4.41. The Bertz CT molecular complexity index is 1260. The van der Waals surface area contributed by atoms with Crippen LogP contribution in [0.5, 0.6) is 0 Å². The molecule has 172 valence electrons. The standard InChI is InChI=1S/C23H27N7O3/c1-13-9-27-22(28-17-4-5-19(31)29-21(17)14-2-3-14)23(33)30(13)12-20(32)26-10-16-8-15-6-7-24-18(15)11-25-16/h6-9,11,14,17,21,24H,2-5,10,12H2,1H3,(H,26,32)(H,27,28)(H,29,31)/t17?,21-/m1/s1.